The first-order valence-corrected chi connectivity index (χ1v) is 5.35. The van der Waals surface area contributed by atoms with Gasteiger partial charge in [0.05, 0.1) is 30.6 Å². The van der Waals surface area contributed by atoms with Gasteiger partial charge >= 0.3 is 0 Å². The van der Waals surface area contributed by atoms with Crippen LogP contribution in [0.5, 0.6) is 0 Å². The predicted molar refractivity (Wildman–Crippen MR) is 58.4 cm³/mol. The summed E-state index contributed by atoms with van der Waals surface area (Å²) in [4.78, 5) is 0. The Hall–Kier alpha value is -0.940. The van der Waals surface area contributed by atoms with Crippen LogP contribution in [0, 0.1) is 0 Å². The predicted octanol–water partition coefficient (Wildman–Crippen LogP) is 1.29. The molecule has 0 saturated heterocycles. The zero-order valence-electron chi connectivity index (χ0n) is 9.68. The fraction of sp³-hybridized carbons (Fsp3) is 0.800. The summed E-state index contributed by atoms with van der Waals surface area (Å²) in [6.45, 7) is 4.77. The van der Waals surface area contributed by atoms with Crippen LogP contribution in [0.25, 0.3) is 0 Å². The van der Waals surface area contributed by atoms with Gasteiger partial charge in [-0.2, -0.15) is 0 Å². The van der Waals surface area contributed by atoms with Gasteiger partial charge in [-0.3, -0.25) is 0 Å². The van der Waals surface area contributed by atoms with Crippen LogP contribution in [0.4, 0.5) is 0 Å². The Labute approximate surface area is 90.6 Å². The van der Waals surface area contributed by atoms with Gasteiger partial charge in [0.1, 0.15) is 0 Å². The van der Waals surface area contributed by atoms with Gasteiger partial charge in [0.15, 0.2) is 0 Å². The molecule has 0 saturated carbocycles. The minimum atomic E-state index is -0.00139. The summed E-state index contributed by atoms with van der Waals surface area (Å²) in [5.41, 5.74) is 6.81. The molecule has 2 atom stereocenters. The zero-order valence-corrected chi connectivity index (χ0v) is 9.68. The first-order chi connectivity index (χ1) is 7.19. The van der Waals surface area contributed by atoms with Crippen LogP contribution < -0.4 is 5.73 Å². The lowest BCUT2D eigenvalue weighted by atomic mass is 10.1. The van der Waals surface area contributed by atoms with E-state index in [-0.39, 0.29) is 12.1 Å². The second kappa shape index (κ2) is 5.82. The van der Waals surface area contributed by atoms with Crippen molar-refractivity contribution in [2.24, 2.45) is 5.73 Å². The molecule has 0 spiro atoms. The highest BCUT2D eigenvalue weighted by molar-refractivity contribution is 4.99. The molecule has 1 heterocycles. The maximum Gasteiger partial charge on any atom is 0.0994 e. The molecule has 2 unspecified atom stereocenters. The smallest absolute Gasteiger partial charge is 0.0994 e. The van der Waals surface area contributed by atoms with E-state index in [9.17, 15) is 0 Å². The molecule has 0 aliphatic carbocycles. The largest absolute Gasteiger partial charge is 0.382 e. The van der Waals surface area contributed by atoms with E-state index >= 15 is 0 Å². The SMILES string of the molecule is CCCC(N)c1cn(C(C)COC)nn1. The quantitative estimate of drug-likeness (QED) is 0.771. The van der Waals surface area contributed by atoms with Crippen LogP contribution >= 0.6 is 0 Å². The van der Waals surface area contributed by atoms with Crippen molar-refractivity contribution in [3.63, 3.8) is 0 Å². The van der Waals surface area contributed by atoms with Crippen LogP contribution in [-0.2, 0) is 4.74 Å². The van der Waals surface area contributed by atoms with Gasteiger partial charge in [0.2, 0.25) is 0 Å². The molecule has 5 nitrogen and oxygen atoms in total. The average molecular weight is 212 g/mol. The normalized spacial score (nSPS) is 15.2. The molecule has 2 N–H and O–H groups in total. The highest BCUT2D eigenvalue weighted by Crippen LogP contribution is 2.14. The standard InChI is InChI=1S/C10H20N4O/c1-4-5-9(11)10-6-14(13-12-10)8(2)7-15-3/h6,8-9H,4-5,7,11H2,1-3H3. The summed E-state index contributed by atoms with van der Waals surface area (Å²) in [5.74, 6) is 0. The van der Waals surface area contributed by atoms with Crippen molar-refractivity contribution in [3.05, 3.63) is 11.9 Å². The van der Waals surface area contributed by atoms with Crippen molar-refractivity contribution in [2.45, 2.75) is 38.8 Å². The Morgan fingerprint density at radius 1 is 1.60 bits per heavy atom. The molecular weight excluding hydrogens is 192 g/mol. The van der Waals surface area contributed by atoms with E-state index in [1.807, 2.05) is 13.1 Å². The fourth-order valence-corrected chi connectivity index (χ4v) is 1.45. The number of nitrogens with zero attached hydrogens (tertiary/aromatic N) is 3. The van der Waals surface area contributed by atoms with Gasteiger partial charge in [0.25, 0.3) is 0 Å². The highest BCUT2D eigenvalue weighted by atomic mass is 16.5. The molecule has 1 aromatic heterocycles. The van der Waals surface area contributed by atoms with Gasteiger partial charge in [-0.1, -0.05) is 18.6 Å². The molecule has 5 heteroatoms. The third-order valence-electron chi connectivity index (χ3n) is 2.37. The number of rotatable bonds is 6. The molecule has 1 aromatic rings. The van der Waals surface area contributed by atoms with E-state index in [2.05, 4.69) is 17.2 Å². The van der Waals surface area contributed by atoms with Gasteiger partial charge < -0.3 is 10.5 Å². The Kier molecular flexibility index (Phi) is 4.71. The van der Waals surface area contributed by atoms with E-state index in [0.29, 0.717) is 6.61 Å². The van der Waals surface area contributed by atoms with Crippen LogP contribution in [-0.4, -0.2) is 28.7 Å². The molecule has 86 valence electrons. The van der Waals surface area contributed by atoms with Gasteiger partial charge in [0, 0.05) is 7.11 Å². The summed E-state index contributed by atoms with van der Waals surface area (Å²) in [7, 11) is 1.68. The molecule has 0 aromatic carbocycles. The first-order valence-electron chi connectivity index (χ1n) is 5.35. The van der Waals surface area contributed by atoms with Crippen LogP contribution in [0.1, 0.15) is 44.5 Å². The monoisotopic (exact) mass is 212 g/mol. The van der Waals surface area contributed by atoms with Crippen molar-refractivity contribution >= 4 is 0 Å². The summed E-state index contributed by atoms with van der Waals surface area (Å²) >= 11 is 0. The molecule has 1 rings (SSSR count). The molecule has 0 radical (unpaired) electrons. The molecule has 0 amide bonds. The summed E-state index contributed by atoms with van der Waals surface area (Å²) in [6, 6.07) is 0.198. The fourth-order valence-electron chi connectivity index (χ4n) is 1.45. The highest BCUT2D eigenvalue weighted by Gasteiger charge is 2.12. The van der Waals surface area contributed by atoms with E-state index in [1.54, 1.807) is 11.8 Å². The van der Waals surface area contributed by atoms with Crippen molar-refractivity contribution in [2.75, 3.05) is 13.7 Å². The maximum absolute atomic E-state index is 5.95. The Balaban J connectivity index is 2.62. The second-order valence-electron chi connectivity index (χ2n) is 3.82. The third-order valence-corrected chi connectivity index (χ3v) is 2.37. The molecular formula is C10H20N4O. The van der Waals surface area contributed by atoms with Crippen molar-refractivity contribution in [3.8, 4) is 0 Å². The Morgan fingerprint density at radius 2 is 2.33 bits per heavy atom. The molecule has 0 bridgehead atoms. The maximum atomic E-state index is 5.95. The van der Waals surface area contributed by atoms with Crippen LogP contribution in [0.15, 0.2) is 6.20 Å². The van der Waals surface area contributed by atoms with Crippen LogP contribution in [0.3, 0.4) is 0 Å². The first kappa shape index (κ1) is 12.1. The number of hydrogen-bond donors (Lipinski definition) is 1. The lowest BCUT2D eigenvalue weighted by Crippen LogP contribution is -2.12. The topological polar surface area (TPSA) is 66.0 Å². The van der Waals surface area contributed by atoms with E-state index in [1.165, 1.54) is 0 Å². The third kappa shape index (κ3) is 3.28. The molecule has 0 aliphatic heterocycles. The lowest BCUT2D eigenvalue weighted by Gasteiger charge is -2.09. The lowest BCUT2D eigenvalue weighted by molar-refractivity contribution is 0.156. The molecule has 0 fully saturated rings. The molecule has 0 aliphatic rings. The zero-order chi connectivity index (χ0) is 11.3. The van der Waals surface area contributed by atoms with Gasteiger partial charge in [-0.05, 0) is 13.3 Å². The minimum Gasteiger partial charge on any atom is -0.382 e. The van der Waals surface area contributed by atoms with Crippen molar-refractivity contribution in [1.82, 2.24) is 15.0 Å². The van der Waals surface area contributed by atoms with Gasteiger partial charge in [-0.15, -0.1) is 5.10 Å². The number of ether oxygens (including phenoxy) is 1. The van der Waals surface area contributed by atoms with Crippen molar-refractivity contribution in [1.29, 1.82) is 0 Å². The number of aromatic nitrogens is 3. The minimum absolute atomic E-state index is 0.00139. The number of hydrogen-bond acceptors (Lipinski definition) is 4. The molecule has 15 heavy (non-hydrogen) atoms. The number of nitrogens with two attached hydrogens (primary N) is 1. The Bertz CT molecular complexity index is 260. The van der Waals surface area contributed by atoms with Gasteiger partial charge in [-0.25, -0.2) is 4.68 Å². The summed E-state index contributed by atoms with van der Waals surface area (Å²) in [5, 5.41) is 8.12. The Morgan fingerprint density at radius 3 is 2.93 bits per heavy atom. The summed E-state index contributed by atoms with van der Waals surface area (Å²) < 4.78 is 6.86. The number of methoxy groups -OCH3 is 1. The summed E-state index contributed by atoms with van der Waals surface area (Å²) in [6.07, 6.45) is 3.91. The van der Waals surface area contributed by atoms with E-state index in [0.717, 1.165) is 18.5 Å². The second-order valence-corrected chi connectivity index (χ2v) is 3.82. The van der Waals surface area contributed by atoms with E-state index < -0.39 is 0 Å². The van der Waals surface area contributed by atoms with E-state index in [4.69, 9.17) is 10.5 Å². The van der Waals surface area contributed by atoms with Crippen LogP contribution in [0.2, 0.25) is 0 Å². The average Bonchev–Trinajstić information content (AvgIpc) is 2.67. The van der Waals surface area contributed by atoms with Crippen molar-refractivity contribution < 1.29 is 4.74 Å².